The van der Waals surface area contributed by atoms with Gasteiger partial charge in [0.2, 0.25) is 0 Å². The van der Waals surface area contributed by atoms with Crippen molar-refractivity contribution >= 4 is 10.1 Å². The Morgan fingerprint density at radius 1 is 0.920 bits per heavy atom. The van der Waals surface area contributed by atoms with Crippen LogP contribution in [0.25, 0.3) is 0 Å². The Hall–Kier alpha value is -2.05. The first-order valence-corrected chi connectivity index (χ1v) is 9.91. The van der Waals surface area contributed by atoms with Gasteiger partial charge in [0.15, 0.2) is 0 Å². The molecule has 0 fully saturated rings. The van der Waals surface area contributed by atoms with Crippen molar-refractivity contribution in [3.8, 4) is 17.2 Å². The molecule has 0 amide bonds. The fraction of sp³-hybridized carbons (Fsp3) is 0.368. The molecule has 0 aromatic heterocycles. The third kappa shape index (κ3) is 6.40. The number of benzene rings is 2. The average Bonchev–Trinajstić information content (AvgIpc) is 2.56. The van der Waals surface area contributed by atoms with E-state index in [1.807, 2.05) is 0 Å². The average molecular weight is 364 g/mol. The van der Waals surface area contributed by atoms with Gasteiger partial charge < -0.3 is 9.84 Å². The first-order valence-electron chi connectivity index (χ1n) is 8.47. The van der Waals surface area contributed by atoms with Gasteiger partial charge in [-0.25, -0.2) is 0 Å². The van der Waals surface area contributed by atoms with E-state index in [1.165, 1.54) is 37.1 Å². The van der Waals surface area contributed by atoms with Crippen LogP contribution in [-0.2, 0) is 16.5 Å². The summed E-state index contributed by atoms with van der Waals surface area (Å²) in [5, 5.41) is 9.31. The minimum absolute atomic E-state index is 0.117. The van der Waals surface area contributed by atoms with Crippen molar-refractivity contribution in [1.82, 2.24) is 0 Å². The summed E-state index contributed by atoms with van der Waals surface area (Å²) in [5.41, 5.74) is 0.806. The molecule has 6 heteroatoms. The Bertz CT molecular complexity index is 782. The molecule has 0 unspecified atom stereocenters. The van der Waals surface area contributed by atoms with E-state index >= 15 is 0 Å². The second kappa shape index (κ2) is 8.87. The van der Waals surface area contributed by atoms with Crippen LogP contribution < -0.4 is 4.74 Å². The zero-order chi connectivity index (χ0) is 18.3. The van der Waals surface area contributed by atoms with Crippen molar-refractivity contribution < 1.29 is 22.8 Å². The number of ether oxygens (including phenoxy) is 1. The van der Waals surface area contributed by atoms with Gasteiger partial charge in [0, 0.05) is 6.07 Å². The third-order valence-corrected chi connectivity index (χ3v) is 4.71. The van der Waals surface area contributed by atoms with Gasteiger partial charge in [-0.3, -0.25) is 4.55 Å². The van der Waals surface area contributed by atoms with E-state index in [9.17, 15) is 18.1 Å². The SMILES string of the molecule is CCCCCCCc1cc(Oc2ccc(O)cc2)cc(S(=O)(=O)O)c1. The molecule has 2 aromatic rings. The lowest BCUT2D eigenvalue weighted by molar-refractivity contribution is 0.461. The van der Waals surface area contributed by atoms with Gasteiger partial charge in [-0.1, -0.05) is 32.6 Å². The lowest BCUT2D eigenvalue weighted by atomic mass is 10.1. The van der Waals surface area contributed by atoms with Crippen LogP contribution in [0, 0.1) is 0 Å². The minimum Gasteiger partial charge on any atom is -0.508 e. The second-order valence-electron chi connectivity index (χ2n) is 6.05. The predicted molar refractivity (Wildman–Crippen MR) is 96.9 cm³/mol. The van der Waals surface area contributed by atoms with Crippen molar-refractivity contribution in [2.75, 3.05) is 0 Å². The van der Waals surface area contributed by atoms with Crippen molar-refractivity contribution in [3.05, 3.63) is 48.0 Å². The Morgan fingerprint density at radius 2 is 1.60 bits per heavy atom. The van der Waals surface area contributed by atoms with Gasteiger partial charge >= 0.3 is 0 Å². The van der Waals surface area contributed by atoms with E-state index in [0.29, 0.717) is 11.5 Å². The second-order valence-corrected chi connectivity index (χ2v) is 7.47. The Balaban J connectivity index is 2.17. The first-order chi connectivity index (χ1) is 11.9. The molecule has 136 valence electrons. The standard InChI is InChI=1S/C19H24O5S/c1-2-3-4-5-6-7-15-12-18(14-19(13-15)25(21,22)23)24-17-10-8-16(20)9-11-17/h8-14,20H,2-7H2,1H3,(H,21,22,23). The van der Waals surface area contributed by atoms with Crippen LogP contribution in [0.3, 0.4) is 0 Å². The number of aromatic hydroxyl groups is 1. The van der Waals surface area contributed by atoms with Crippen LogP contribution in [-0.4, -0.2) is 18.1 Å². The molecular formula is C19H24O5S. The molecule has 2 N–H and O–H groups in total. The summed E-state index contributed by atoms with van der Waals surface area (Å²) in [6.07, 6.45) is 6.28. The molecule has 2 aromatic carbocycles. The molecular weight excluding hydrogens is 340 g/mol. The quantitative estimate of drug-likeness (QED) is 0.486. The van der Waals surface area contributed by atoms with Gasteiger partial charge in [0.05, 0.1) is 4.90 Å². The van der Waals surface area contributed by atoms with Crippen LogP contribution in [0.2, 0.25) is 0 Å². The normalized spacial score (nSPS) is 11.4. The highest BCUT2D eigenvalue weighted by molar-refractivity contribution is 7.85. The molecule has 0 radical (unpaired) electrons. The summed E-state index contributed by atoms with van der Waals surface area (Å²) in [5.74, 6) is 0.926. The molecule has 0 bridgehead atoms. The van der Waals surface area contributed by atoms with E-state index in [1.54, 1.807) is 18.2 Å². The number of aryl methyl sites for hydroxylation is 1. The van der Waals surface area contributed by atoms with Crippen molar-refractivity contribution in [2.45, 2.75) is 50.3 Å². The van der Waals surface area contributed by atoms with Gasteiger partial charge in [0.1, 0.15) is 17.2 Å². The van der Waals surface area contributed by atoms with Gasteiger partial charge in [0.25, 0.3) is 10.1 Å². The highest BCUT2D eigenvalue weighted by atomic mass is 32.2. The maximum Gasteiger partial charge on any atom is 0.294 e. The van der Waals surface area contributed by atoms with Crippen LogP contribution in [0.4, 0.5) is 0 Å². The van der Waals surface area contributed by atoms with E-state index in [-0.39, 0.29) is 10.6 Å². The topological polar surface area (TPSA) is 83.8 Å². The number of phenolic OH excluding ortho intramolecular Hbond substituents is 1. The summed E-state index contributed by atoms with van der Waals surface area (Å²) < 4.78 is 38.1. The van der Waals surface area contributed by atoms with Gasteiger partial charge in [-0.2, -0.15) is 8.42 Å². The number of hydrogen-bond donors (Lipinski definition) is 2. The van der Waals surface area contributed by atoms with E-state index in [2.05, 4.69) is 6.92 Å². The third-order valence-electron chi connectivity index (χ3n) is 3.88. The van der Waals surface area contributed by atoms with Crippen LogP contribution >= 0.6 is 0 Å². The molecule has 0 heterocycles. The Morgan fingerprint density at radius 3 is 2.24 bits per heavy atom. The lowest BCUT2D eigenvalue weighted by Gasteiger charge is -2.10. The highest BCUT2D eigenvalue weighted by Crippen LogP contribution is 2.28. The lowest BCUT2D eigenvalue weighted by Crippen LogP contribution is -2.00. The highest BCUT2D eigenvalue weighted by Gasteiger charge is 2.13. The largest absolute Gasteiger partial charge is 0.508 e. The van der Waals surface area contributed by atoms with E-state index < -0.39 is 10.1 Å². The smallest absolute Gasteiger partial charge is 0.294 e. The minimum atomic E-state index is -4.31. The molecule has 2 rings (SSSR count). The summed E-state index contributed by atoms with van der Waals surface area (Å²) in [7, 11) is -4.31. The van der Waals surface area contributed by atoms with Crippen molar-refractivity contribution in [2.24, 2.45) is 0 Å². The fourth-order valence-electron chi connectivity index (χ4n) is 2.57. The molecule has 0 saturated heterocycles. The zero-order valence-electron chi connectivity index (χ0n) is 14.3. The first kappa shape index (κ1) is 19.3. The maximum absolute atomic E-state index is 11.5. The predicted octanol–water partition coefficient (Wildman–Crippen LogP) is 4.94. The monoisotopic (exact) mass is 364 g/mol. The molecule has 0 spiro atoms. The molecule has 5 nitrogen and oxygen atoms in total. The Labute approximate surface area is 149 Å². The summed E-state index contributed by atoms with van der Waals surface area (Å²) >= 11 is 0. The van der Waals surface area contributed by atoms with Crippen molar-refractivity contribution in [1.29, 1.82) is 0 Å². The maximum atomic E-state index is 11.5. The Kier molecular flexibility index (Phi) is 6.84. The van der Waals surface area contributed by atoms with Gasteiger partial charge in [-0.05, 0) is 54.8 Å². The van der Waals surface area contributed by atoms with E-state index in [0.717, 1.165) is 31.2 Å². The number of hydrogen-bond acceptors (Lipinski definition) is 4. The number of rotatable bonds is 9. The summed E-state index contributed by atoms with van der Waals surface area (Å²) in [6, 6.07) is 10.7. The van der Waals surface area contributed by atoms with E-state index in [4.69, 9.17) is 4.74 Å². The molecule has 0 saturated carbocycles. The zero-order valence-corrected chi connectivity index (χ0v) is 15.1. The van der Waals surface area contributed by atoms with Gasteiger partial charge in [-0.15, -0.1) is 0 Å². The van der Waals surface area contributed by atoms with Crippen LogP contribution in [0.15, 0.2) is 47.4 Å². The molecule has 0 aliphatic heterocycles. The van der Waals surface area contributed by atoms with Crippen LogP contribution in [0.5, 0.6) is 17.2 Å². The fourth-order valence-corrected chi connectivity index (χ4v) is 3.13. The number of unbranched alkanes of at least 4 members (excludes halogenated alkanes) is 4. The summed E-state index contributed by atoms with van der Waals surface area (Å²) in [4.78, 5) is -0.174. The molecule has 0 aliphatic rings. The molecule has 25 heavy (non-hydrogen) atoms. The summed E-state index contributed by atoms with van der Waals surface area (Å²) in [6.45, 7) is 2.16. The number of phenols is 1. The van der Waals surface area contributed by atoms with Crippen LogP contribution in [0.1, 0.15) is 44.6 Å². The molecule has 0 atom stereocenters. The molecule has 0 aliphatic carbocycles. The van der Waals surface area contributed by atoms with Crippen molar-refractivity contribution in [3.63, 3.8) is 0 Å².